The van der Waals surface area contributed by atoms with Gasteiger partial charge in [0.25, 0.3) is 5.91 Å². The third kappa shape index (κ3) is 6.59. The Balaban J connectivity index is 0.000000469. The van der Waals surface area contributed by atoms with Crippen molar-refractivity contribution < 1.29 is 29.3 Å². The van der Waals surface area contributed by atoms with Crippen LogP contribution in [0.5, 0.6) is 5.75 Å². The lowest BCUT2D eigenvalue weighted by Crippen LogP contribution is -2.48. The number of rotatable bonds is 4. The molecule has 0 unspecified atom stereocenters. The molecule has 0 aliphatic carbocycles. The highest BCUT2D eigenvalue weighted by molar-refractivity contribution is 6.27. The molecule has 0 aromatic heterocycles. The SMILES string of the molecule is COc1ccccc1C(=O)N1CCN(Cc2cccc(C)c2)CC1.O=C(O)C(=O)O. The molecule has 1 saturated heterocycles. The molecule has 8 heteroatoms. The van der Waals surface area contributed by atoms with Crippen LogP contribution >= 0.6 is 0 Å². The van der Waals surface area contributed by atoms with Crippen molar-refractivity contribution in [2.24, 2.45) is 0 Å². The number of aryl methyl sites for hydroxylation is 1. The van der Waals surface area contributed by atoms with Crippen LogP contribution in [0.25, 0.3) is 0 Å². The number of carbonyl (C=O) groups is 3. The van der Waals surface area contributed by atoms with Gasteiger partial charge in [0, 0.05) is 32.7 Å². The van der Waals surface area contributed by atoms with Gasteiger partial charge in [-0.3, -0.25) is 9.69 Å². The normalized spacial score (nSPS) is 13.7. The van der Waals surface area contributed by atoms with E-state index in [0.29, 0.717) is 11.3 Å². The number of benzene rings is 2. The molecule has 1 amide bonds. The van der Waals surface area contributed by atoms with Crippen LogP contribution in [-0.4, -0.2) is 71.1 Å². The van der Waals surface area contributed by atoms with E-state index in [-0.39, 0.29) is 5.91 Å². The molecule has 1 aliphatic heterocycles. The van der Waals surface area contributed by atoms with Crippen molar-refractivity contribution in [3.8, 4) is 5.75 Å². The van der Waals surface area contributed by atoms with Gasteiger partial charge in [0.2, 0.25) is 0 Å². The molecule has 30 heavy (non-hydrogen) atoms. The third-order valence-electron chi connectivity index (χ3n) is 4.67. The molecule has 2 aromatic rings. The van der Waals surface area contributed by atoms with Crippen LogP contribution in [0, 0.1) is 6.92 Å². The monoisotopic (exact) mass is 414 g/mol. The van der Waals surface area contributed by atoms with Gasteiger partial charge in [0.05, 0.1) is 12.7 Å². The molecule has 2 aromatic carbocycles. The average Bonchev–Trinajstić information content (AvgIpc) is 2.74. The van der Waals surface area contributed by atoms with Gasteiger partial charge in [-0.2, -0.15) is 0 Å². The Morgan fingerprint density at radius 2 is 1.57 bits per heavy atom. The molecule has 0 spiro atoms. The topological polar surface area (TPSA) is 107 Å². The van der Waals surface area contributed by atoms with Crippen LogP contribution in [0.15, 0.2) is 48.5 Å². The van der Waals surface area contributed by atoms with E-state index < -0.39 is 11.9 Å². The summed E-state index contributed by atoms with van der Waals surface area (Å²) in [5, 5.41) is 14.8. The molecular weight excluding hydrogens is 388 g/mol. The van der Waals surface area contributed by atoms with E-state index in [1.165, 1.54) is 11.1 Å². The van der Waals surface area contributed by atoms with Gasteiger partial charge in [-0.05, 0) is 24.6 Å². The number of piperazine rings is 1. The molecule has 0 saturated carbocycles. The lowest BCUT2D eigenvalue weighted by Gasteiger charge is -2.35. The Morgan fingerprint density at radius 1 is 0.933 bits per heavy atom. The molecule has 0 atom stereocenters. The number of aliphatic carboxylic acids is 2. The minimum Gasteiger partial charge on any atom is -0.496 e. The van der Waals surface area contributed by atoms with Gasteiger partial charge in [-0.1, -0.05) is 42.0 Å². The standard InChI is InChI=1S/C20H24N2O2.C2H2O4/c1-16-6-5-7-17(14-16)15-21-10-12-22(13-11-21)20(23)18-8-3-4-9-19(18)24-2;3-1(4)2(5)6/h3-9,14H,10-13,15H2,1-2H3;(H,3,4)(H,5,6). The maximum Gasteiger partial charge on any atom is 0.414 e. The largest absolute Gasteiger partial charge is 0.496 e. The first-order valence-electron chi connectivity index (χ1n) is 9.48. The molecule has 1 heterocycles. The smallest absolute Gasteiger partial charge is 0.414 e. The zero-order valence-electron chi connectivity index (χ0n) is 17.1. The Morgan fingerprint density at radius 3 is 2.13 bits per heavy atom. The van der Waals surface area contributed by atoms with E-state index in [0.717, 1.165) is 32.7 Å². The van der Waals surface area contributed by atoms with Gasteiger partial charge in [0.1, 0.15) is 5.75 Å². The van der Waals surface area contributed by atoms with Gasteiger partial charge in [-0.25, -0.2) is 9.59 Å². The molecule has 160 valence electrons. The van der Waals surface area contributed by atoms with Crippen molar-refractivity contribution in [1.29, 1.82) is 0 Å². The molecule has 0 radical (unpaired) electrons. The van der Waals surface area contributed by atoms with E-state index in [1.807, 2.05) is 29.2 Å². The van der Waals surface area contributed by atoms with E-state index in [4.69, 9.17) is 24.5 Å². The van der Waals surface area contributed by atoms with Crippen molar-refractivity contribution >= 4 is 17.8 Å². The third-order valence-corrected chi connectivity index (χ3v) is 4.67. The van der Waals surface area contributed by atoms with E-state index >= 15 is 0 Å². The first-order chi connectivity index (χ1) is 14.3. The van der Waals surface area contributed by atoms with Crippen molar-refractivity contribution in [1.82, 2.24) is 9.80 Å². The number of para-hydroxylation sites is 1. The lowest BCUT2D eigenvalue weighted by atomic mass is 10.1. The number of amides is 1. The quantitative estimate of drug-likeness (QED) is 0.738. The lowest BCUT2D eigenvalue weighted by molar-refractivity contribution is -0.159. The van der Waals surface area contributed by atoms with E-state index in [9.17, 15) is 4.79 Å². The second-order valence-electron chi connectivity index (χ2n) is 6.87. The molecule has 2 N–H and O–H groups in total. The Bertz CT molecular complexity index is 879. The van der Waals surface area contributed by atoms with Gasteiger partial charge < -0.3 is 19.8 Å². The number of carboxylic acids is 2. The second kappa shape index (κ2) is 11.0. The van der Waals surface area contributed by atoms with Gasteiger partial charge >= 0.3 is 11.9 Å². The maximum absolute atomic E-state index is 12.7. The minimum atomic E-state index is -1.82. The zero-order chi connectivity index (χ0) is 22.1. The fourth-order valence-corrected chi connectivity index (χ4v) is 3.17. The van der Waals surface area contributed by atoms with Crippen molar-refractivity contribution in [3.05, 3.63) is 65.2 Å². The summed E-state index contributed by atoms with van der Waals surface area (Å²) in [6.07, 6.45) is 0. The highest BCUT2D eigenvalue weighted by Gasteiger charge is 2.24. The molecule has 3 rings (SSSR count). The van der Waals surface area contributed by atoms with Gasteiger partial charge in [0.15, 0.2) is 0 Å². The minimum absolute atomic E-state index is 0.0580. The number of hydrogen-bond acceptors (Lipinski definition) is 5. The van der Waals surface area contributed by atoms with E-state index in [1.54, 1.807) is 7.11 Å². The molecule has 0 bridgehead atoms. The molecule has 1 fully saturated rings. The number of nitrogens with zero attached hydrogens (tertiary/aromatic N) is 2. The average molecular weight is 414 g/mol. The number of hydrogen-bond donors (Lipinski definition) is 2. The predicted molar refractivity (Wildman–Crippen MR) is 111 cm³/mol. The highest BCUT2D eigenvalue weighted by Crippen LogP contribution is 2.20. The number of methoxy groups -OCH3 is 1. The molecule has 1 aliphatic rings. The van der Waals surface area contributed by atoms with Crippen LogP contribution in [0.3, 0.4) is 0 Å². The summed E-state index contributed by atoms with van der Waals surface area (Å²) in [6, 6.07) is 16.0. The summed E-state index contributed by atoms with van der Waals surface area (Å²) in [5.74, 6) is -2.95. The summed E-state index contributed by atoms with van der Waals surface area (Å²) in [6.45, 7) is 6.36. The first-order valence-corrected chi connectivity index (χ1v) is 9.48. The highest BCUT2D eigenvalue weighted by atomic mass is 16.5. The Kier molecular flexibility index (Phi) is 8.37. The van der Waals surface area contributed by atoms with Crippen molar-refractivity contribution in [2.45, 2.75) is 13.5 Å². The second-order valence-corrected chi connectivity index (χ2v) is 6.87. The van der Waals surface area contributed by atoms with Gasteiger partial charge in [-0.15, -0.1) is 0 Å². The fraction of sp³-hybridized carbons (Fsp3) is 0.318. The van der Waals surface area contributed by atoms with Crippen molar-refractivity contribution in [3.63, 3.8) is 0 Å². The summed E-state index contributed by atoms with van der Waals surface area (Å²) < 4.78 is 5.31. The molecular formula is C22H26N2O6. The van der Waals surface area contributed by atoms with Crippen LogP contribution < -0.4 is 4.74 Å². The predicted octanol–water partition coefficient (Wildman–Crippen LogP) is 2.12. The number of ether oxygens (including phenoxy) is 1. The zero-order valence-corrected chi connectivity index (χ0v) is 17.1. The molecule has 8 nitrogen and oxygen atoms in total. The maximum atomic E-state index is 12.7. The van der Waals surface area contributed by atoms with Crippen LogP contribution in [0.2, 0.25) is 0 Å². The van der Waals surface area contributed by atoms with Crippen LogP contribution in [-0.2, 0) is 16.1 Å². The Hall–Kier alpha value is -3.39. The number of carbonyl (C=O) groups excluding carboxylic acids is 1. The first kappa shape index (κ1) is 22.9. The van der Waals surface area contributed by atoms with Crippen molar-refractivity contribution in [2.75, 3.05) is 33.3 Å². The fourth-order valence-electron chi connectivity index (χ4n) is 3.17. The van der Waals surface area contributed by atoms with E-state index in [2.05, 4.69) is 36.1 Å². The number of carboxylic acid groups (broad SMARTS) is 2. The summed E-state index contributed by atoms with van der Waals surface area (Å²) >= 11 is 0. The van der Waals surface area contributed by atoms with Crippen LogP contribution in [0.4, 0.5) is 0 Å². The summed E-state index contributed by atoms with van der Waals surface area (Å²) in [7, 11) is 1.60. The van der Waals surface area contributed by atoms with Crippen LogP contribution in [0.1, 0.15) is 21.5 Å². The Labute approximate surface area is 175 Å². The summed E-state index contributed by atoms with van der Waals surface area (Å²) in [5.41, 5.74) is 3.27. The summed E-state index contributed by atoms with van der Waals surface area (Å²) in [4.78, 5) is 35.2.